The number of benzene rings is 1. The van der Waals surface area contributed by atoms with Gasteiger partial charge in [0.2, 0.25) is 0 Å². The molecule has 1 aromatic carbocycles. The van der Waals surface area contributed by atoms with Crippen molar-refractivity contribution in [1.29, 1.82) is 0 Å². The normalized spacial score (nSPS) is 38.7. The van der Waals surface area contributed by atoms with E-state index >= 15 is 0 Å². The first-order chi connectivity index (χ1) is 10.1. The topological polar surface area (TPSA) is 38.0 Å². The van der Waals surface area contributed by atoms with Crippen LogP contribution in [0.3, 0.4) is 0 Å². The lowest BCUT2D eigenvalue weighted by Gasteiger charge is -2.59. The van der Waals surface area contributed by atoms with Gasteiger partial charge in [-0.05, 0) is 85.8 Å². The van der Waals surface area contributed by atoms with E-state index in [0.29, 0.717) is 5.41 Å². The molecule has 0 aromatic heterocycles. The molecule has 4 saturated carbocycles. The molecule has 114 valence electrons. The molecular weight excluding hydrogens is 280 g/mol. The predicted octanol–water partition coefficient (Wildman–Crippen LogP) is 4.37. The average Bonchev–Trinajstić information content (AvgIpc) is 2.41. The van der Waals surface area contributed by atoms with Crippen molar-refractivity contribution >= 4 is 11.6 Å². The number of hydrogen-bond acceptors (Lipinski definition) is 2. The fourth-order valence-electron chi connectivity index (χ4n) is 5.95. The number of rotatable bonds is 3. The van der Waals surface area contributed by atoms with Crippen molar-refractivity contribution in [1.82, 2.24) is 5.43 Å². The van der Waals surface area contributed by atoms with E-state index in [1.54, 1.807) is 0 Å². The standard InChI is InChI=1S/C18H25ClN2/c1-11-2-3-15(7-16(11)19)17(21-20)18-8-12-4-13(9-18)6-14(5-12)10-18/h2-3,7,12-14,17,21H,4-6,8-10,20H2,1H3. The van der Waals surface area contributed by atoms with Gasteiger partial charge in [-0.3, -0.25) is 11.3 Å². The van der Waals surface area contributed by atoms with Crippen LogP contribution in [0.1, 0.15) is 55.7 Å². The second-order valence-electron chi connectivity index (χ2n) is 7.89. The van der Waals surface area contributed by atoms with Crippen LogP contribution in [0.2, 0.25) is 5.02 Å². The molecule has 0 spiro atoms. The van der Waals surface area contributed by atoms with E-state index in [2.05, 4.69) is 30.5 Å². The first-order valence-corrected chi connectivity index (χ1v) is 8.69. The van der Waals surface area contributed by atoms with Gasteiger partial charge in [-0.25, -0.2) is 0 Å². The molecule has 0 saturated heterocycles. The summed E-state index contributed by atoms with van der Waals surface area (Å²) >= 11 is 6.35. The zero-order chi connectivity index (χ0) is 14.6. The summed E-state index contributed by atoms with van der Waals surface area (Å²) in [6.07, 6.45) is 8.43. The van der Waals surface area contributed by atoms with Crippen molar-refractivity contribution in [2.75, 3.05) is 0 Å². The van der Waals surface area contributed by atoms with Gasteiger partial charge in [-0.1, -0.05) is 23.7 Å². The maximum absolute atomic E-state index is 6.35. The molecule has 2 nitrogen and oxygen atoms in total. The van der Waals surface area contributed by atoms with E-state index in [0.717, 1.165) is 28.3 Å². The molecule has 1 unspecified atom stereocenters. The summed E-state index contributed by atoms with van der Waals surface area (Å²) in [5.41, 5.74) is 5.94. The molecule has 0 radical (unpaired) electrons. The van der Waals surface area contributed by atoms with Gasteiger partial charge in [0.15, 0.2) is 0 Å². The quantitative estimate of drug-likeness (QED) is 0.643. The predicted molar refractivity (Wildman–Crippen MR) is 86.9 cm³/mol. The minimum atomic E-state index is 0.254. The van der Waals surface area contributed by atoms with Gasteiger partial charge in [0, 0.05) is 5.02 Å². The van der Waals surface area contributed by atoms with Crippen LogP contribution in [0.5, 0.6) is 0 Å². The summed E-state index contributed by atoms with van der Waals surface area (Å²) in [6.45, 7) is 2.06. The summed E-state index contributed by atoms with van der Waals surface area (Å²) in [5.74, 6) is 8.84. The Morgan fingerprint density at radius 1 is 1.14 bits per heavy atom. The van der Waals surface area contributed by atoms with E-state index in [-0.39, 0.29) is 6.04 Å². The lowest BCUT2D eigenvalue weighted by Crippen LogP contribution is -2.53. The SMILES string of the molecule is Cc1ccc(C(NN)C23CC4CC(CC(C4)C2)C3)cc1Cl. The highest BCUT2D eigenvalue weighted by Crippen LogP contribution is 2.63. The zero-order valence-corrected chi connectivity index (χ0v) is 13.5. The zero-order valence-electron chi connectivity index (χ0n) is 12.7. The lowest BCUT2D eigenvalue weighted by atomic mass is 9.47. The van der Waals surface area contributed by atoms with Gasteiger partial charge in [-0.15, -0.1) is 0 Å². The van der Waals surface area contributed by atoms with Gasteiger partial charge in [-0.2, -0.15) is 0 Å². The van der Waals surface area contributed by atoms with Crippen LogP contribution in [-0.4, -0.2) is 0 Å². The maximum Gasteiger partial charge on any atom is 0.0517 e. The van der Waals surface area contributed by atoms with Crippen molar-refractivity contribution in [3.63, 3.8) is 0 Å². The molecule has 3 heteroatoms. The number of nitrogens with one attached hydrogen (secondary N) is 1. The molecule has 3 N–H and O–H groups in total. The van der Waals surface area contributed by atoms with E-state index in [9.17, 15) is 0 Å². The fourth-order valence-corrected chi connectivity index (χ4v) is 6.14. The van der Waals surface area contributed by atoms with E-state index in [1.807, 2.05) is 0 Å². The molecule has 4 aliphatic rings. The van der Waals surface area contributed by atoms with E-state index in [1.165, 1.54) is 44.1 Å². The number of aryl methyl sites for hydroxylation is 1. The van der Waals surface area contributed by atoms with Crippen molar-refractivity contribution in [2.45, 2.75) is 51.5 Å². The third kappa shape index (κ3) is 2.23. The Bertz CT molecular complexity index is 519. The van der Waals surface area contributed by atoms with E-state index in [4.69, 9.17) is 17.4 Å². The monoisotopic (exact) mass is 304 g/mol. The third-order valence-electron chi connectivity index (χ3n) is 6.39. The van der Waals surface area contributed by atoms with Crippen LogP contribution >= 0.6 is 11.6 Å². The van der Waals surface area contributed by atoms with E-state index < -0.39 is 0 Å². The highest BCUT2D eigenvalue weighted by atomic mass is 35.5. The number of hydrazine groups is 1. The molecule has 0 aliphatic heterocycles. The number of halogens is 1. The summed E-state index contributed by atoms with van der Waals surface area (Å²) < 4.78 is 0. The van der Waals surface area contributed by atoms with Gasteiger partial charge >= 0.3 is 0 Å². The molecule has 4 bridgehead atoms. The average molecular weight is 305 g/mol. The largest absolute Gasteiger partial charge is 0.271 e. The fraction of sp³-hybridized carbons (Fsp3) is 0.667. The first-order valence-electron chi connectivity index (χ1n) is 8.32. The van der Waals surface area contributed by atoms with Crippen molar-refractivity contribution in [2.24, 2.45) is 29.0 Å². The second-order valence-corrected chi connectivity index (χ2v) is 8.30. The maximum atomic E-state index is 6.35. The van der Waals surface area contributed by atoms with Crippen LogP contribution < -0.4 is 11.3 Å². The van der Waals surface area contributed by atoms with Gasteiger partial charge in [0.1, 0.15) is 0 Å². The van der Waals surface area contributed by atoms with Gasteiger partial charge in [0.25, 0.3) is 0 Å². The molecule has 21 heavy (non-hydrogen) atoms. The lowest BCUT2D eigenvalue weighted by molar-refractivity contribution is -0.0749. The number of nitrogens with two attached hydrogens (primary N) is 1. The highest BCUT2D eigenvalue weighted by molar-refractivity contribution is 6.31. The van der Waals surface area contributed by atoms with Crippen LogP contribution in [0.25, 0.3) is 0 Å². The molecule has 4 aliphatic carbocycles. The third-order valence-corrected chi connectivity index (χ3v) is 6.80. The van der Waals surface area contributed by atoms with Gasteiger partial charge < -0.3 is 0 Å². The number of hydrogen-bond donors (Lipinski definition) is 2. The summed E-state index contributed by atoms with van der Waals surface area (Å²) in [5, 5.41) is 0.859. The molecule has 0 heterocycles. The molecule has 1 aromatic rings. The Labute approximate surface area is 132 Å². The molecule has 5 rings (SSSR count). The Morgan fingerprint density at radius 3 is 2.19 bits per heavy atom. The summed E-state index contributed by atoms with van der Waals surface area (Å²) in [6, 6.07) is 6.72. The molecular formula is C18H25ClN2. The van der Waals surface area contributed by atoms with Crippen LogP contribution in [0.15, 0.2) is 18.2 Å². The van der Waals surface area contributed by atoms with Gasteiger partial charge in [0.05, 0.1) is 6.04 Å². The van der Waals surface area contributed by atoms with Crippen LogP contribution in [0, 0.1) is 30.1 Å². The van der Waals surface area contributed by atoms with Crippen molar-refractivity contribution < 1.29 is 0 Å². The summed E-state index contributed by atoms with van der Waals surface area (Å²) in [7, 11) is 0. The first kappa shape index (κ1) is 14.0. The van der Waals surface area contributed by atoms with Crippen LogP contribution in [0.4, 0.5) is 0 Å². The summed E-state index contributed by atoms with van der Waals surface area (Å²) in [4.78, 5) is 0. The minimum absolute atomic E-state index is 0.254. The Balaban J connectivity index is 1.70. The minimum Gasteiger partial charge on any atom is -0.271 e. The second kappa shape index (κ2) is 4.97. The Morgan fingerprint density at radius 2 is 1.71 bits per heavy atom. The molecule has 1 atom stereocenters. The highest BCUT2D eigenvalue weighted by Gasteiger charge is 2.54. The van der Waals surface area contributed by atoms with Crippen LogP contribution in [-0.2, 0) is 0 Å². The molecule has 0 amide bonds. The molecule has 4 fully saturated rings. The Hall–Kier alpha value is -0.570. The smallest absolute Gasteiger partial charge is 0.0517 e. The Kier molecular flexibility index (Phi) is 3.33. The van der Waals surface area contributed by atoms with Crippen molar-refractivity contribution in [3.05, 3.63) is 34.3 Å². The van der Waals surface area contributed by atoms with Crippen molar-refractivity contribution in [3.8, 4) is 0 Å².